The van der Waals surface area contributed by atoms with E-state index in [-0.39, 0.29) is 11.8 Å². The van der Waals surface area contributed by atoms with Crippen LogP contribution in [0.25, 0.3) is 5.82 Å². The molecule has 26 heavy (non-hydrogen) atoms. The molecule has 0 aliphatic carbocycles. The monoisotopic (exact) mass is 350 g/mol. The molecular formula is C19H22N6O. The highest BCUT2D eigenvalue weighted by molar-refractivity contribution is 5.83. The van der Waals surface area contributed by atoms with Crippen LogP contribution >= 0.6 is 0 Å². The van der Waals surface area contributed by atoms with Crippen molar-refractivity contribution in [3.05, 3.63) is 66.5 Å². The van der Waals surface area contributed by atoms with Gasteiger partial charge < -0.3 is 10.6 Å². The predicted molar refractivity (Wildman–Crippen MR) is 100 cm³/mol. The topological polar surface area (TPSA) is 84.7 Å². The Morgan fingerprint density at radius 2 is 1.92 bits per heavy atom. The number of benzene rings is 1. The fraction of sp³-hybridized carbons (Fsp3) is 0.263. The Morgan fingerprint density at radius 3 is 2.58 bits per heavy atom. The summed E-state index contributed by atoms with van der Waals surface area (Å²) in [5, 5.41) is 18.5. The molecule has 2 heterocycles. The molecule has 0 saturated carbocycles. The van der Waals surface area contributed by atoms with E-state index >= 15 is 0 Å². The largest absolute Gasteiger partial charge is 0.367 e. The van der Waals surface area contributed by atoms with Crippen molar-refractivity contribution in [2.45, 2.75) is 19.3 Å². The molecule has 2 N–H and O–H groups in total. The van der Waals surface area contributed by atoms with E-state index in [1.807, 2.05) is 61.7 Å². The smallest absolute Gasteiger partial charge is 0.227 e. The minimum Gasteiger partial charge on any atom is -0.367 e. The highest BCUT2D eigenvalue weighted by Gasteiger charge is 2.17. The number of carbonyl (C=O) groups excluding carboxylic acids is 1. The third kappa shape index (κ3) is 4.44. The first-order valence-electron chi connectivity index (χ1n) is 8.68. The van der Waals surface area contributed by atoms with Crippen LogP contribution in [0.15, 0.2) is 60.9 Å². The van der Waals surface area contributed by atoms with E-state index in [4.69, 9.17) is 0 Å². The van der Waals surface area contributed by atoms with Crippen molar-refractivity contribution in [1.29, 1.82) is 0 Å². The molecular weight excluding hydrogens is 328 g/mol. The molecule has 0 aliphatic rings. The van der Waals surface area contributed by atoms with Crippen LogP contribution in [-0.2, 0) is 4.79 Å². The number of hydrogen-bond acceptors (Lipinski definition) is 5. The molecule has 134 valence electrons. The minimum absolute atomic E-state index is 0.0422. The lowest BCUT2D eigenvalue weighted by Gasteiger charge is -2.15. The molecule has 1 unspecified atom stereocenters. The van der Waals surface area contributed by atoms with E-state index in [2.05, 4.69) is 25.9 Å². The second kappa shape index (κ2) is 8.75. The molecule has 3 rings (SSSR count). The Morgan fingerprint density at radius 1 is 1.08 bits per heavy atom. The van der Waals surface area contributed by atoms with E-state index in [0.29, 0.717) is 24.7 Å². The molecule has 2 aromatic heterocycles. The van der Waals surface area contributed by atoms with Gasteiger partial charge in [-0.3, -0.25) is 4.79 Å². The number of carbonyl (C=O) groups is 1. The summed E-state index contributed by atoms with van der Waals surface area (Å²) in [5.74, 6) is 1.23. The zero-order valence-corrected chi connectivity index (χ0v) is 14.7. The number of anilines is 1. The predicted octanol–water partition coefficient (Wildman–Crippen LogP) is 2.38. The maximum absolute atomic E-state index is 12.4. The van der Waals surface area contributed by atoms with Crippen LogP contribution in [0.3, 0.4) is 0 Å². The Bertz CT molecular complexity index is 802. The van der Waals surface area contributed by atoms with Crippen LogP contribution in [0.2, 0.25) is 0 Å². The first-order valence-corrected chi connectivity index (χ1v) is 8.68. The Balaban J connectivity index is 1.45. The highest BCUT2D eigenvalue weighted by Crippen LogP contribution is 2.18. The lowest BCUT2D eigenvalue weighted by atomic mass is 9.96. The summed E-state index contributed by atoms with van der Waals surface area (Å²) in [6.07, 6.45) is 4.27. The van der Waals surface area contributed by atoms with E-state index in [0.717, 1.165) is 12.0 Å². The molecule has 1 aromatic carbocycles. The first kappa shape index (κ1) is 17.6. The number of rotatable bonds is 8. The van der Waals surface area contributed by atoms with Gasteiger partial charge >= 0.3 is 0 Å². The average Bonchev–Trinajstić information content (AvgIpc) is 3.22. The Kier molecular flexibility index (Phi) is 5.92. The summed E-state index contributed by atoms with van der Waals surface area (Å²) in [6, 6.07) is 15.3. The summed E-state index contributed by atoms with van der Waals surface area (Å²) in [4.78, 5) is 12.4. The standard InChI is InChI=1S/C19H22N6O/c1-2-16(15-7-4-3-5-8-15)19(26)21-13-12-20-17-9-10-18(24-23-17)25-14-6-11-22-25/h3-11,14,16H,2,12-13H2,1H3,(H,20,23)(H,21,26). The van der Waals surface area contributed by atoms with Crippen molar-refractivity contribution in [2.75, 3.05) is 18.4 Å². The molecule has 1 amide bonds. The molecule has 0 bridgehead atoms. The van der Waals surface area contributed by atoms with Crippen LogP contribution in [-0.4, -0.2) is 39.0 Å². The molecule has 0 aliphatic heterocycles. The summed E-state index contributed by atoms with van der Waals surface area (Å²) in [5.41, 5.74) is 1.04. The van der Waals surface area contributed by atoms with E-state index < -0.39 is 0 Å². The van der Waals surface area contributed by atoms with Gasteiger partial charge in [0.15, 0.2) is 5.82 Å². The van der Waals surface area contributed by atoms with Gasteiger partial charge in [-0.25, -0.2) is 4.68 Å². The van der Waals surface area contributed by atoms with E-state index in [9.17, 15) is 4.79 Å². The minimum atomic E-state index is -0.121. The normalized spacial score (nSPS) is 11.7. The SMILES string of the molecule is CCC(C(=O)NCCNc1ccc(-n2cccn2)nn1)c1ccccc1. The lowest BCUT2D eigenvalue weighted by molar-refractivity contribution is -0.122. The second-order valence-corrected chi connectivity index (χ2v) is 5.82. The van der Waals surface area contributed by atoms with Gasteiger partial charge in [-0.2, -0.15) is 5.10 Å². The molecule has 0 spiro atoms. The van der Waals surface area contributed by atoms with Crippen LogP contribution in [0.4, 0.5) is 5.82 Å². The molecule has 0 saturated heterocycles. The Labute approximate surface area is 152 Å². The van der Waals surface area contributed by atoms with Gasteiger partial charge in [0, 0.05) is 25.5 Å². The van der Waals surface area contributed by atoms with Crippen LogP contribution < -0.4 is 10.6 Å². The number of hydrogen-bond donors (Lipinski definition) is 2. The van der Waals surface area contributed by atoms with Gasteiger partial charge in [0.1, 0.15) is 5.82 Å². The van der Waals surface area contributed by atoms with E-state index in [1.165, 1.54) is 0 Å². The molecule has 0 fully saturated rings. The fourth-order valence-electron chi connectivity index (χ4n) is 2.70. The number of nitrogens with zero attached hydrogens (tertiary/aromatic N) is 4. The second-order valence-electron chi connectivity index (χ2n) is 5.82. The first-order chi connectivity index (χ1) is 12.8. The number of amides is 1. The maximum Gasteiger partial charge on any atom is 0.227 e. The van der Waals surface area contributed by atoms with Gasteiger partial charge in [-0.15, -0.1) is 10.2 Å². The highest BCUT2D eigenvalue weighted by atomic mass is 16.1. The third-order valence-corrected chi connectivity index (χ3v) is 4.05. The molecule has 0 radical (unpaired) electrons. The van der Waals surface area contributed by atoms with Crippen LogP contribution in [0, 0.1) is 0 Å². The van der Waals surface area contributed by atoms with Crippen molar-refractivity contribution >= 4 is 11.7 Å². The third-order valence-electron chi connectivity index (χ3n) is 4.05. The van der Waals surface area contributed by atoms with Gasteiger partial charge in [0.25, 0.3) is 0 Å². The quantitative estimate of drug-likeness (QED) is 0.609. The van der Waals surface area contributed by atoms with Crippen molar-refractivity contribution < 1.29 is 4.79 Å². The van der Waals surface area contributed by atoms with Gasteiger partial charge in [0.05, 0.1) is 5.92 Å². The van der Waals surface area contributed by atoms with Gasteiger partial charge in [0.2, 0.25) is 5.91 Å². The van der Waals surface area contributed by atoms with Gasteiger partial charge in [-0.05, 0) is 30.2 Å². The Hall–Kier alpha value is -3.22. The average molecular weight is 350 g/mol. The van der Waals surface area contributed by atoms with Crippen molar-refractivity contribution in [1.82, 2.24) is 25.3 Å². The van der Waals surface area contributed by atoms with Gasteiger partial charge in [-0.1, -0.05) is 37.3 Å². The molecule has 1 atom stereocenters. The summed E-state index contributed by atoms with van der Waals surface area (Å²) < 4.78 is 1.64. The maximum atomic E-state index is 12.4. The molecule has 7 heteroatoms. The fourth-order valence-corrected chi connectivity index (χ4v) is 2.70. The van der Waals surface area contributed by atoms with Crippen molar-refractivity contribution in [2.24, 2.45) is 0 Å². The van der Waals surface area contributed by atoms with Crippen molar-refractivity contribution in [3.8, 4) is 5.82 Å². The zero-order valence-electron chi connectivity index (χ0n) is 14.7. The number of aromatic nitrogens is 4. The molecule has 7 nitrogen and oxygen atoms in total. The zero-order chi connectivity index (χ0) is 18.2. The van der Waals surface area contributed by atoms with Crippen LogP contribution in [0.1, 0.15) is 24.8 Å². The molecule has 3 aromatic rings. The lowest BCUT2D eigenvalue weighted by Crippen LogP contribution is -2.33. The summed E-state index contributed by atoms with van der Waals surface area (Å²) in [6.45, 7) is 3.11. The van der Waals surface area contributed by atoms with Crippen LogP contribution in [0.5, 0.6) is 0 Å². The number of nitrogens with one attached hydrogen (secondary N) is 2. The summed E-state index contributed by atoms with van der Waals surface area (Å²) >= 11 is 0. The van der Waals surface area contributed by atoms with Crippen molar-refractivity contribution in [3.63, 3.8) is 0 Å². The summed E-state index contributed by atoms with van der Waals surface area (Å²) in [7, 11) is 0. The van der Waals surface area contributed by atoms with E-state index in [1.54, 1.807) is 10.9 Å².